The monoisotopic (exact) mass is 376 g/mol. The van der Waals surface area contributed by atoms with Crippen LogP contribution in [0.2, 0.25) is 0 Å². The number of sulfonamides is 1. The highest BCUT2D eigenvalue weighted by Crippen LogP contribution is 2.28. The molecule has 1 aromatic heterocycles. The third-order valence-corrected chi connectivity index (χ3v) is 4.57. The summed E-state index contributed by atoms with van der Waals surface area (Å²) in [5.74, 6) is -1.20. The van der Waals surface area contributed by atoms with Crippen LogP contribution in [0.3, 0.4) is 0 Å². The molecule has 25 heavy (non-hydrogen) atoms. The molecule has 136 valence electrons. The van der Waals surface area contributed by atoms with E-state index in [2.05, 4.69) is 15.0 Å². The highest BCUT2D eigenvalue weighted by Gasteiger charge is 2.33. The van der Waals surface area contributed by atoms with Gasteiger partial charge in [-0.25, -0.2) is 18.1 Å². The molecule has 0 saturated heterocycles. The zero-order valence-corrected chi connectivity index (χ0v) is 14.0. The average molecular weight is 376 g/mol. The normalized spacial score (nSPS) is 12.4. The molecule has 0 bridgehead atoms. The molecule has 0 aliphatic heterocycles. The molecule has 7 nitrogen and oxygen atoms in total. The number of rotatable bonds is 5. The van der Waals surface area contributed by atoms with Crippen molar-refractivity contribution in [1.29, 1.82) is 0 Å². The number of imidazole rings is 1. The van der Waals surface area contributed by atoms with Crippen molar-refractivity contribution >= 4 is 21.9 Å². The molecule has 11 heteroatoms. The van der Waals surface area contributed by atoms with E-state index >= 15 is 0 Å². The molecule has 0 saturated carbocycles. The van der Waals surface area contributed by atoms with Crippen molar-refractivity contribution in [1.82, 2.24) is 14.7 Å². The second-order valence-electron chi connectivity index (χ2n) is 5.40. The predicted octanol–water partition coefficient (Wildman–Crippen LogP) is 2.37. The van der Waals surface area contributed by atoms with Crippen molar-refractivity contribution < 1.29 is 26.4 Å². The van der Waals surface area contributed by atoms with Crippen molar-refractivity contribution in [2.75, 3.05) is 5.32 Å². The first kappa shape index (κ1) is 18.9. The second-order valence-corrected chi connectivity index (χ2v) is 7.12. The predicted molar refractivity (Wildman–Crippen MR) is 83.4 cm³/mol. The van der Waals surface area contributed by atoms with Gasteiger partial charge in [0.25, 0.3) is 5.91 Å². The Hall–Kier alpha value is -2.40. The SMILES string of the molecule is CC(C)NS(=O)(=O)c1cccc(C(=O)Nc2ncc(C(F)(F)F)[nH]2)c1. The number of nitrogens with one attached hydrogen (secondary N) is 3. The van der Waals surface area contributed by atoms with E-state index in [1.807, 2.05) is 4.98 Å². The van der Waals surface area contributed by atoms with Gasteiger partial charge in [-0.2, -0.15) is 13.2 Å². The molecular formula is C14H15F3N4O3S. The highest BCUT2D eigenvalue weighted by atomic mass is 32.2. The second kappa shape index (κ2) is 6.84. The summed E-state index contributed by atoms with van der Waals surface area (Å²) >= 11 is 0. The maximum Gasteiger partial charge on any atom is 0.432 e. The Balaban J connectivity index is 2.20. The third kappa shape index (κ3) is 4.79. The number of carbonyl (C=O) groups excluding carboxylic acids is 1. The van der Waals surface area contributed by atoms with Crippen LogP contribution in [-0.2, 0) is 16.2 Å². The van der Waals surface area contributed by atoms with Crippen molar-refractivity contribution in [2.45, 2.75) is 31.0 Å². The lowest BCUT2D eigenvalue weighted by molar-refractivity contribution is -0.140. The summed E-state index contributed by atoms with van der Waals surface area (Å²) in [7, 11) is -3.81. The van der Waals surface area contributed by atoms with Gasteiger partial charge in [-0.3, -0.25) is 10.1 Å². The number of alkyl halides is 3. The molecule has 1 aromatic carbocycles. The van der Waals surface area contributed by atoms with Gasteiger partial charge in [-0.1, -0.05) is 6.07 Å². The van der Waals surface area contributed by atoms with Crippen LogP contribution in [0.15, 0.2) is 35.4 Å². The molecule has 0 radical (unpaired) electrons. The van der Waals surface area contributed by atoms with Gasteiger partial charge < -0.3 is 4.98 Å². The Morgan fingerprint density at radius 1 is 1.28 bits per heavy atom. The van der Waals surface area contributed by atoms with Crippen LogP contribution in [-0.4, -0.2) is 30.3 Å². The van der Waals surface area contributed by atoms with Gasteiger partial charge in [0.05, 0.1) is 11.1 Å². The van der Waals surface area contributed by atoms with Gasteiger partial charge in [-0.05, 0) is 32.0 Å². The average Bonchev–Trinajstić information content (AvgIpc) is 2.94. The Morgan fingerprint density at radius 2 is 1.96 bits per heavy atom. The number of hydrogen-bond acceptors (Lipinski definition) is 4. The molecule has 0 aliphatic rings. The Kier molecular flexibility index (Phi) is 5.18. The van der Waals surface area contributed by atoms with Crippen LogP contribution in [0, 0.1) is 0 Å². The molecule has 0 atom stereocenters. The van der Waals surface area contributed by atoms with Gasteiger partial charge >= 0.3 is 6.18 Å². The lowest BCUT2D eigenvalue weighted by Gasteiger charge is -2.10. The van der Waals surface area contributed by atoms with Crippen molar-refractivity contribution in [2.24, 2.45) is 0 Å². The molecule has 0 unspecified atom stereocenters. The summed E-state index contributed by atoms with van der Waals surface area (Å²) in [6.07, 6.45) is -4.07. The zero-order chi connectivity index (χ0) is 18.8. The third-order valence-electron chi connectivity index (χ3n) is 2.91. The number of H-pyrrole nitrogens is 1. The van der Waals surface area contributed by atoms with E-state index in [-0.39, 0.29) is 16.5 Å². The minimum Gasteiger partial charge on any atom is -0.320 e. The Bertz CT molecular complexity index is 875. The number of benzene rings is 1. The fourth-order valence-corrected chi connectivity index (χ4v) is 3.19. The van der Waals surface area contributed by atoms with E-state index in [1.54, 1.807) is 13.8 Å². The van der Waals surface area contributed by atoms with E-state index in [4.69, 9.17) is 0 Å². The standard InChI is InChI=1S/C14H15F3N4O3S/c1-8(2)21-25(23,24)10-5-3-4-9(6-10)12(22)20-13-18-7-11(19-13)14(15,16)17/h3-8,21H,1-2H3,(H2,18,19,20,22). The molecule has 1 amide bonds. The van der Waals surface area contributed by atoms with E-state index < -0.39 is 33.7 Å². The van der Waals surface area contributed by atoms with Crippen LogP contribution in [0.1, 0.15) is 29.9 Å². The molecule has 2 aromatic rings. The fraction of sp³-hybridized carbons (Fsp3) is 0.286. The van der Waals surface area contributed by atoms with E-state index in [1.165, 1.54) is 18.2 Å². The molecule has 0 fully saturated rings. The molecule has 1 heterocycles. The largest absolute Gasteiger partial charge is 0.432 e. The first-order valence-electron chi connectivity index (χ1n) is 7.05. The minimum atomic E-state index is -4.62. The molecule has 2 rings (SSSR count). The fourth-order valence-electron chi connectivity index (χ4n) is 1.89. The maximum atomic E-state index is 12.5. The molecule has 0 spiro atoms. The summed E-state index contributed by atoms with van der Waals surface area (Å²) in [4.78, 5) is 17.3. The molecule has 0 aliphatic carbocycles. The Labute approximate surface area is 141 Å². The van der Waals surface area contributed by atoms with Crippen molar-refractivity contribution in [3.05, 3.63) is 41.7 Å². The van der Waals surface area contributed by atoms with Crippen LogP contribution in [0.4, 0.5) is 19.1 Å². The topological polar surface area (TPSA) is 104 Å². The van der Waals surface area contributed by atoms with E-state index in [9.17, 15) is 26.4 Å². The highest BCUT2D eigenvalue weighted by molar-refractivity contribution is 7.89. The number of carbonyl (C=O) groups is 1. The summed E-state index contributed by atoms with van der Waals surface area (Å²) in [5.41, 5.74) is -1.16. The summed E-state index contributed by atoms with van der Waals surface area (Å²) in [5, 5.41) is 2.15. The number of nitrogens with zero attached hydrogens (tertiary/aromatic N) is 1. The van der Waals surface area contributed by atoms with Gasteiger partial charge in [0, 0.05) is 11.6 Å². The maximum absolute atomic E-state index is 12.5. The molecule has 3 N–H and O–H groups in total. The van der Waals surface area contributed by atoms with Crippen LogP contribution in [0.25, 0.3) is 0 Å². The van der Waals surface area contributed by atoms with E-state index in [0.717, 1.165) is 6.07 Å². The van der Waals surface area contributed by atoms with Gasteiger partial charge in [0.15, 0.2) is 0 Å². The smallest absolute Gasteiger partial charge is 0.320 e. The number of aromatic amines is 1. The van der Waals surface area contributed by atoms with Crippen molar-refractivity contribution in [3.63, 3.8) is 0 Å². The lowest BCUT2D eigenvalue weighted by Crippen LogP contribution is -2.30. The zero-order valence-electron chi connectivity index (χ0n) is 13.2. The number of halogens is 3. The summed E-state index contributed by atoms with van der Waals surface area (Å²) in [6.45, 7) is 3.28. The van der Waals surface area contributed by atoms with Crippen LogP contribution >= 0.6 is 0 Å². The minimum absolute atomic E-state index is 0.0448. The van der Waals surface area contributed by atoms with Gasteiger partial charge in [-0.15, -0.1) is 0 Å². The van der Waals surface area contributed by atoms with Crippen LogP contribution in [0.5, 0.6) is 0 Å². The summed E-state index contributed by atoms with van der Waals surface area (Å²) in [6, 6.07) is 4.76. The number of anilines is 1. The number of amides is 1. The molecular weight excluding hydrogens is 361 g/mol. The van der Waals surface area contributed by atoms with Gasteiger partial charge in [0.2, 0.25) is 16.0 Å². The van der Waals surface area contributed by atoms with Crippen LogP contribution < -0.4 is 10.0 Å². The van der Waals surface area contributed by atoms with E-state index in [0.29, 0.717) is 6.20 Å². The summed E-state index contributed by atoms with van der Waals surface area (Å²) < 4.78 is 64.1. The number of aromatic nitrogens is 2. The lowest BCUT2D eigenvalue weighted by atomic mass is 10.2. The first-order chi connectivity index (χ1) is 11.5. The Morgan fingerprint density at radius 3 is 2.52 bits per heavy atom. The van der Waals surface area contributed by atoms with Gasteiger partial charge in [0.1, 0.15) is 5.69 Å². The van der Waals surface area contributed by atoms with Crippen molar-refractivity contribution in [3.8, 4) is 0 Å². The first-order valence-corrected chi connectivity index (χ1v) is 8.53. The number of hydrogen-bond donors (Lipinski definition) is 3. The quantitative estimate of drug-likeness (QED) is 0.745.